The van der Waals surface area contributed by atoms with Gasteiger partial charge in [0.2, 0.25) is 5.91 Å². The van der Waals surface area contributed by atoms with Crippen molar-refractivity contribution >= 4 is 11.9 Å². The van der Waals surface area contributed by atoms with E-state index >= 15 is 0 Å². The van der Waals surface area contributed by atoms with Crippen LogP contribution in [0.2, 0.25) is 0 Å². The molecule has 0 bridgehead atoms. The lowest BCUT2D eigenvalue weighted by Crippen LogP contribution is -2.48. The Morgan fingerprint density at radius 2 is 2.29 bits per heavy atom. The molecule has 17 heavy (non-hydrogen) atoms. The summed E-state index contributed by atoms with van der Waals surface area (Å²) in [6.07, 6.45) is 5.86. The van der Waals surface area contributed by atoms with Crippen LogP contribution in [0.1, 0.15) is 19.3 Å². The van der Waals surface area contributed by atoms with Crippen LogP contribution in [-0.4, -0.2) is 47.7 Å². The van der Waals surface area contributed by atoms with Crippen LogP contribution in [0.3, 0.4) is 0 Å². The minimum Gasteiger partial charge on any atom is -0.479 e. The minimum atomic E-state index is -0.997. The summed E-state index contributed by atoms with van der Waals surface area (Å²) in [6.45, 7) is 0.979. The van der Waals surface area contributed by atoms with Gasteiger partial charge in [0.25, 0.3) is 0 Å². The Morgan fingerprint density at radius 1 is 1.47 bits per heavy atom. The van der Waals surface area contributed by atoms with E-state index in [0.717, 1.165) is 12.8 Å². The highest BCUT2D eigenvalue weighted by Crippen LogP contribution is 2.21. The van der Waals surface area contributed by atoms with Crippen molar-refractivity contribution in [1.82, 2.24) is 4.90 Å². The zero-order chi connectivity index (χ0) is 12.3. The molecule has 1 fully saturated rings. The van der Waals surface area contributed by atoms with Gasteiger partial charge in [0.15, 0.2) is 6.10 Å². The number of nitrogens with zero attached hydrogens (tertiary/aromatic N) is 1. The summed E-state index contributed by atoms with van der Waals surface area (Å²) in [5.74, 6) is -0.631. The highest BCUT2D eigenvalue weighted by Gasteiger charge is 2.29. The van der Waals surface area contributed by atoms with Gasteiger partial charge in [0, 0.05) is 13.0 Å². The van der Waals surface area contributed by atoms with Gasteiger partial charge in [0.1, 0.15) is 0 Å². The number of allylic oxidation sites excluding steroid dienone is 2. The molecule has 1 aliphatic heterocycles. The van der Waals surface area contributed by atoms with E-state index in [4.69, 9.17) is 9.84 Å². The highest BCUT2D eigenvalue weighted by molar-refractivity contribution is 5.79. The van der Waals surface area contributed by atoms with Crippen LogP contribution in [0.5, 0.6) is 0 Å². The molecule has 2 aliphatic rings. The summed E-state index contributed by atoms with van der Waals surface area (Å²) in [5, 5.41) is 8.85. The molecule has 2 rings (SSSR count). The number of aliphatic carboxylic acids is 1. The van der Waals surface area contributed by atoms with E-state index in [9.17, 15) is 9.59 Å². The molecule has 5 heteroatoms. The molecule has 1 heterocycles. The van der Waals surface area contributed by atoms with Crippen LogP contribution in [0, 0.1) is 5.92 Å². The van der Waals surface area contributed by atoms with Gasteiger partial charge in [-0.2, -0.15) is 0 Å². The number of hydrogen-bond acceptors (Lipinski definition) is 3. The lowest BCUT2D eigenvalue weighted by Gasteiger charge is -2.31. The molecule has 0 aromatic carbocycles. The van der Waals surface area contributed by atoms with Gasteiger partial charge >= 0.3 is 5.97 Å². The number of carboxylic acids is 1. The van der Waals surface area contributed by atoms with Gasteiger partial charge in [-0.15, -0.1) is 0 Å². The maximum atomic E-state index is 12.0. The Labute approximate surface area is 100 Å². The molecule has 0 radical (unpaired) electrons. The predicted octanol–water partition coefficient (Wildman–Crippen LogP) is 0.655. The first-order valence-electron chi connectivity index (χ1n) is 5.95. The number of morpholine rings is 1. The van der Waals surface area contributed by atoms with Gasteiger partial charge in [-0.1, -0.05) is 12.2 Å². The van der Waals surface area contributed by atoms with Crippen molar-refractivity contribution in [3.05, 3.63) is 12.2 Å². The number of hydrogen-bond donors (Lipinski definition) is 1. The lowest BCUT2D eigenvalue weighted by molar-refractivity contribution is -0.159. The average Bonchev–Trinajstić information content (AvgIpc) is 2.82. The quantitative estimate of drug-likeness (QED) is 0.734. The summed E-state index contributed by atoms with van der Waals surface area (Å²) in [4.78, 5) is 24.4. The second kappa shape index (κ2) is 5.31. The molecule has 1 amide bonds. The number of carboxylic acid groups (broad SMARTS) is 1. The van der Waals surface area contributed by atoms with Crippen molar-refractivity contribution in [2.24, 2.45) is 5.92 Å². The molecule has 0 saturated carbocycles. The van der Waals surface area contributed by atoms with Crippen LogP contribution < -0.4 is 0 Å². The van der Waals surface area contributed by atoms with E-state index in [0.29, 0.717) is 25.5 Å². The number of carbonyl (C=O) groups excluding carboxylic acids is 1. The van der Waals surface area contributed by atoms with Crippen LogP contribution in [0.15, 0.2) is 12.2 Å². The predicted molar refractivity (Wildman–Crippen MR) is 60.4 cm³/mol. The third-order valence-electron chi connectivity index (χ3n) is 3.24. The molecule has 2 atom stereocenters. The molecule has 1 aliphatic carbocycles. The fraction of sp³-hybridized carbons (Fsp3) is 0.667. The average molecular weight is 239 g/mol. The van der Waals surface area contributed by atoms with Gasteiger partial charge in [-0.3, -0.25) is 4.79 Å². The number of amides is 1. The van der Waals surface area contributed by atoms with Crippen molar-refractivity contribution < 1.29 is 19.4 Å². The van der Waals surface area contributed by atoms with Gasteiger partial charge in [-0.25, -0.2) is 4.79 Å². The second-order valence-electron chi connectivity index (χ2n) is 4.51. The molecular weight excluding hydrogens is 222 g/mol. The Kier molecular flexibility index (Phi) is 3.78. The first-order chi connectivity index (χ1) is 8.16. The lowest BCUT2D eigenvalue weighted by atomic mass is 10.0. The summed E-state index contributed by atoms with van der Waals surface area (Å²) >= 11 is 0. The van der Waals surface area contributed by atoms with Crippen LogP contribution in [-0.2, 0) is 14.3 Å². The van der Waals surface area contributed by atoms with Gasteiger partial charge in [0.05, 0.1) is 13.2 Å². The van der Waals surface area contributed by atoms with E-state index in [-0.39, 0.29) is 12.5 Å². The molecule has 0 aromatic rings. The Hall–Kier alpha value is -1.36. The first kappa shape index (κ1) is 12.1. The molecule has 5 nitrogen and oxygen atoms in total. The Bertz CT molecular complexity index is 339. The monoisotopic (exact) mass is 239 g/mol. The van der Waals surface area contributed by atoms with Crippen LogP contribution in [0.4, 0.5) is 0 Å². The van der Waals surface area contributed by atoms with Crippen LogP contribution >= 0.6 is 0 Å². The summed E-state index contributed by atoms with van der Waals surface area (Å²) in [5.41, 5.74) is 0. The van der Waals surface area contributed by atoms with Crippen molar-refractivity contribution in [3.8, 4) is 0 Å². The maximum absolute atomic E-state index is 12.0. The van der Waals surface area contributed by atoms with E-state index < -0.39 is 12.1 Å². The summed E-state index contributed by atoms with van der Waals surface area (Å²) in [7, 11) is 0. The van der Waals surface area contributed by atoms with Crippen molar-refractivity contribution in [1.29, 1.82) is 0 Å². The largest absolute Gasteiger partial charge is 0.479 e. The Morgan fingerprint density at radius 3 is 2.94 bits per heavy atom. The zero-order valence-corrected chi connectivity index (χ0v) is 9.67. The fourth-order valence-corrected chi connectivity index (χ4v) is 2.24. The number of rotatable bonds is 3. The third-order valence-corrected chi connectivity index (χ3v) is 3.24. The van der Waals surface area contributed by atoms with Crippen molar-refractivity contribution in [3.63, 3.8) is 0 Å². The summed E-state index contributed by atoms with van der Waals surface area (Å²) in [6, 6.07) is 0. The maximum Gasteiger partial charge on any atom is 0.334 e. The second-order valence-corrected chi connectivity index (χ2v) is 4.51. The smallest absolute Gasteiger partial charge is 0.334 e. The zero-order valence-electron chi connectivity index (χ0n) is 9.67. The molecule has 0 spiro atoms. The summed E-state index contributed by atoms with van der Waals surface area (Å²) < 4.78 is 5.08. The standard InChI is InChI=1S/C12H17NO4/c14-11(7-9-3-1-2-4-9)13-5-6-17-10(8-13)12(15)16/h1,3,9-10H,2,4-8H2,(H,15,16)/t9-,10+/m0/s1. The van der Waals surface area contributed by atoms with Crippen LogP contribution in [0.25, 0.3) is 0 Å². The Balaban J connectivity index is 1.85. The molecular formula is C12H17NO4. The topological polar surface area (TPSA) is 66.8 Å². The first-order valence-corrected chi connectivity index (χ1v) is 5.95. The van der Waals surface area contributed by atoms with Crippen molar-refractivity contribution in [2.75, 3.05) is 19.7 Å². The third kappa shape index (κ3) is 3.06. The number of carbonyl (C=O) groups is 2. The molecule has 0 unspecified atom stereocenters. The fourth-order valence-electron chi connectivity index (χ4n) is 2.24. The highest BCUT2D eigenvalue weighted by atomic mass is 16.5. The normalized spacial score (nSPS) is 28.4. The van der Waals surface area contributed by atoms with Crippen molar-refractivity contribution in [2.45, 2.75) is 25.4 Å². The SMILES string of the molecule is O=C(O)[C@H]1CN(C(=O)C[C@H]2C=CCC2)CCO1. The van der Waals surface area contributed by atoms with E-state index in [1.54, 1.807) is 4.90 Å². The van der Waals surface area contributed by atoms with E-state index in [1.807, 2.05) is 0 Å². The molecule has 0 aromatic heterocycles. The van der Waals surface area contributed by atoms with Gasteiger partial charge < -0.3 is 14.7 Å². The molecule has 1 saturated heterocycles. The van der Waals surface area contributed by atoms with Gasteiger partial charge in [-0.05, 0) is 18.8 Å². The minimum absolute atomic E-state index is 0.0381. The number of ether oxygens (including phenoxy) is 1. The molecule has 94 valence electrons. The van der Waals surface area contributed by atoms with E-state index in [1.165, 1.54) is 0 Å². The van der Waals surface area contributed by atoms with E-state index in [2.05, 4.69) is 12.2 Å². The molecule has 1 N–H and O–H groups in total.